The predicted octanol–water partition coefficient (Wildman–Crippen LogP) is 1.85. The lowest BCUT2D eigenvalue weighted by atomic mass is 10.1. The highest BCUT2D eigenvalue weighted by atomic mass is 32.5. The second-order valence-electron chi connectivity index (χ2n) is 3.19. The molecule has 0 fully saturated rings. The van der Waals surface area contributed by atoms with Gasteiger partial charge in [0.15, 0.2) is 0 Å². The van der Waals surface area contributed by atoms with Crippen LogP contribution in [-0.2, 0) is 35.7 Å². The molecule has 102 valence electrons. The second kappa shape index (κ2) is 7.33. The van der Waals surface area contributed by atoms with Crippen molar-refractivity contribution in [2.75, 3.05) is 13.2 Å². The molecule has 0 aromatic carbocycles. The molecule has 0 aromatic heterocycles. The number of allylic oxidation sites excluding steroid dienone is 2. The molecule has 0 amide bonds. The second-order valence-corrected chi connectivity index (χ2v) is 7.09. The Morgan fingerprint density at radius 2 is 1.89 bits per heavy atom. The molecule has 8 heteroatoms. The first-order valence-electron chi connectivity index (χ1n) is 5.41. The molecule has 1 aliphatic rings. The molecule has 0 saturated heterocycles. The third-order valence-corrected chi connectivity index (χ3v) is 5.23. The Bertz CT molecular complexity index is 502. The fourth-order valence-corrected chi connectivity index (χ4v) is 4.07. The molecule has 0 heterocycles. The summed E-state index contributed by atoms with van der Waals surface area (Å²) in [6.45, 7) is 1.33. The molecule has 18 heavy (non-hydrogen) atoms. The molecular formula is C10H15O5PS2. The summed E-state index contributed by atoms with van der Waals surface area (Å²) < 4.78 is 38.3. The molecular weight excluding hydrogens is 295 g/mol. The quantitative estimate of drug-likeness (QED) is 0.551. The van der Waals surface area contributed by atoms with Crippen molar-refractivity contribution >= 4 is 33.7 Å². The van der Waals surface area contributed by atoms with Gasteiger partial charge in [-0.15, -0.1) is 0 Å². The fraction of sp³-hybridized carbons (Fsp3) is 0.500. The van der Waals surface area contributed by atoms with E-state index >= 15 is 0 Å². The zero-order valence-electron chi connectivity index (χ0n) is 10.1. The van der Waals surface area contributed by atoms with Crippen LogP contribution in [0.25, 0.3) is 0 Å². The molecule has 0 N–H and O–H groups in total. The number of hydrogen-bond acceptors (Lipinski definition) is 6. The highest BCUT2D eigenvalue weighted by Gasteiger charge is 2.27. The van der Waals surface area contributed by atoms with Crippen LogP contribution in [0.15, 0.2) is 24.3 Å². The predicted molar refractivity (Wildman–Crippen MR) is 74.6 cm³/mol. The van der Waals surface area contributed by atoms with Gasteiger partial charge in [-0.25, -0.2) is 0 Å². The highest BCUT2D eigenvalue weighted by molar-refractivity contribution is 8.07. The molecule has 1 aliphatic carbocycles. The summed E-state index contributed by atoms with van der Waals surface area (Å²) in [7, 11) is -2.36. The summed E-state index contributed by atoms with van der Waals surface area (Å²) in [5, 5.41) is 0. The van der Waals surface area contributed by atoms with E-state index in [1.807, 2.05) is 0 Å². The summed E-state index contributed by atoms with van der Waals surface area (Å²) in [6.07, 6.45) is 5.63. The minimum absolute atomic E-state index is 0.117. The summed E-state index contributed by atoms with van der Waals surface area (Å²) in [5.41, 5.74) is 0. The van der Waals surface area contributed by atoms with Gasteiger partial charge in [0.2, 0.25) is 10.3 Å². The summed E-state index contributed by atoms with van der Waals surface area (Å²) in [5.74, 6) is 0. The molecule has 0 saturated carbocycles. The van der Waals surface area contributed by atoms with Crippen LogP contribution in [0, 0.1) is 0 Å². The van der Waals surface area contributed by atoms with Crippen LogP contribution < -0.4 is 0 Å². The van der Waals surface area contributed by atoms with E-state index in [1.165, 1.54) is 6.08 Å². The van der Waals surface area contributed by atoms with Crippen molar-refractivity contribution in [1.82, 2.24) is 0 Å². The molecule has 1 atom stereocenters. The third kappa shape index (κ3) is 4.42. The molecule has 1 unspecified atom stereocenters. The van der Waals surface area contributed by atoms with Gasteiger partial charge in [-0.05, 0) is 37.8 Å². The summed E-state index contributed by atoms with van der Waals surface area (Å²) in [6, 6.07) is 0. The molecule has 0 aliphatic heterocycles. The Kier molecular flexibility index (Phi) is 6.42. The van der Waals surface area contributed by atoms with Gasteiger partial charge in [-0.2, -0.15) is 8.42 Å². The van der Waals surface area contributed by atoms with Gasteiger partial charge in [0.1, 0.15) is 11.0 Å². The topological polar surface area (TPSA) is 61.8 Å². The van der Waals surface area contributed by atoms with Crippen LogP contribution in [0.1, 0.15) is 13.8 Å². The zero-order chi connectivity index (χ0) is 13.6. The Balaban J connectivity index is 2.94. The number of rotatable bonds is 6. The van der Waals surface area contributed by atoms with Gasteiger partial charge in [-0.3, -0.25) is 4.52 Å². The minimum Gasteiger partial charge on any atom is -0.309 e. The van der Waals surface area contributed by atoms with E-state index in [0.717, 1.165) is 0 Å². The monoisotopic (exact) mass is 310 g/mol. The third-order valence-electron chi connectivity index (χ3n) is 1.95. The molecule has 0 radical (unpaired) electrons. The van der Waals surface area contributed by atoms with Crippen LogP contribution in [0.4, 0.5) is 0 Å². The van der Waals surface area contributed by atoms with E-state index in [1.54, 1.807) is 32.1 Å². The van der Waals surface area contributed by atoms with Gasteiger partial charge >= 0.3 is 6.72 Å². The van der Waals surface area contributed by atoms with Gasteiger partial charge < -0.3 is 9.05 Å². The SMILES string of the molecule is CCOP(=S)(OCC)OC1C=CC=CC1=S(=O)=O. The Morgan fingerprint density at radius 1 is 1.28 bits per heavy atom. The maximum absolute atomic E-state index is 11.1. The summed E-state index contributed by atoms with van der Waals surface area (Å²) >= 11 is 5.19. The fourth-order valence-electron chi connectivity index (χ4n) is 1.30. The van der Waals surface area contributed by atoms with Crippen LogP contribution >= 0.6 is 6.72 Å². The molecule has 0 spiro atoms. The van der Waals surface area contributed by atoms with Crippen LogP contribution in [0.5, 0.6) is 0 Å². The number of hydrogen-bond donors (Lipinski definition) is 0. The standard InChI is InChI=1S/C10H15O5PS2/c1-3-13-16(17,14-4-2)15-9-7-5-6-8-10(9)18(11)12/h5-9H,3-4H2,1-2H3. The first kappa shape index (κ1) is 15.8. The van der Waals surface area contributed by atoms with E-state index in [4.69, 9.17) is 25.4 Å². The molecule has 5 nitrogen and oxygen atoms in total. The van der Waals surface area contributed by atoms with E-state index in [0.29, 0.717) is 13.2 Å². The van der Waals surface area contributed by atoms with Gasteiger partial charge in [-0.1, -0.05) is 12.2 Å². The van der Waals surface area contributed by atoms with E-state index in [9.17, 15) is 8.42 Å². The van der Waals surface area contributed by atoms with Crippen LogP contribution in [0.3, 0.4) is 0 Å². The average Bonchev–Trinajstić information content (AvgIpc) is 2.29. The normalized spacial score (nSPS) is 19.2. The van der Waals surface area contributed by atoms with Crippen molar-refractivity contribution in [2.24, 2.45) is 0 Å². The smallest absolute Gasteiger partial charge is 0.309 e. The maximum atomic E-state index is 11.1. The summed E-state index contributed by atoms with van der Waals surface area (Å²) in [4.78, 5) is 0.117. The van der Waals surface area contributed by atoms with Crippen LogP contribution in [-0.4, -0.2) is 32.6 Å². The van der Waals surface area contributed by atoms with Gasteiger partial charge in [0, 0.05) is 0 Å². The lowest BCUT2D eigenvalue weighted by Gasteiger charge is -2.24. The van der Waals surface area contributed by atoms with Gasteiger partial charge in [0.25, 0.3) is 0 Å². The Morgan fingerprint density at radius 3 is 2.39 bits per heavy atom. The lowest BCUT2D eigenvalue weighted by Crippen LogP contribution is -2.22. The van der Waals surface area contributed by atoms with E-state index < -0.39 is 23.1 Å². The lowest BCUT2D eigenvalue weighted by molar-refractivity contribution is 0.165. The van der Waals surface area contributed by atoms with Crippen molar-refractivity contribution in [3.05, 3.63) is 24.3 Å². The largest absolute Gasteiger partial charge is 0.328 e. The van der Waals surface area contributed by atoms with Crippen molar-refractivity contribution in [3.63, 3.8) is 0 Å². The minimum atomic E-state index is -2.91. The Hall–Kier alpha value is -0.300. The zero-order valence-corrected chi connectivity index (χ0v) is 12.6. The average molecular weight is 310 g/mol. The molecule has 0 aromatic rings. The maximum Gasteiger partial charge on any atom is 0.328 e. The van der Waals surface area contributed by atoms with Crippen molar-refractivity contribution in [3.8, 4) is 0 Å². The van der Waals surface area contributed by atoms with Crippen molar-refractivity contribution in [2.45, 2.75) is 20.0 Å². The first-order valence-corrected chi connectivity index (χ1v) is 9.04. The van der Waals surface area contributed by atoms with Crippen LogP contribution in [0.2, 0.25) is 0 Å². The van der Waals surface area contributed by atoms with E-state index in [-0.39, 0.29) is 4.86 Å². The van der Waals surface area contributed by atoms with Gasteiger partial charge in [0.05, 0.1) is 13.2 Å². The van der Waals surface area contributed by atoms with E-state index in [2.05, 4.69) is 0 Å². The molecule has 0 bridgehead atoms. The Labute approximate surface area is 113 Å². The van der Waals surface area contributed by atoms with Crippen molar-refractivity contribution in [1.29, 1.82) is 0 Å². The van der Waals surface area contributed by atoms with Crippen molar-refractivity contribution < 1.29 is 22.0 Å². The molecule has 1 rings (SSSR count). The highest BCUT2D eigenvalue weighted by Crippen LogP contribution is 2.51. The first-order chi connectivity index (χ1) is 8.52.